The van der Waals surface area contributed by atoms with Gasteiger partial charge in [-0.15, -0.1) is 0 Å². The third kappa shape index (κ3) is 3.33. The second-order valence-electron chi connectivity index (χ2n) is 5.87. The Kier molecular flexibility index (Phi) is 4.95. The number of carbonyl (C=O) groups excluding carboxylic acids is 1. The Morgan fingerprint density at radius 3 is 2.72 bits per heavy atom. The average Bonchev–Trinajstić information content (AvgIpc) is 2.62. The van der Waals surface area contributed by atoms with Crippen LogP contribution in [0.3, 0.4) is 0 Å². The Labute approximate surface area is 150 Å². The van der Waals surface area contributed by atoms with Gasteiger partial charge in [-0.25, -0.2) is 4.79 Å². The van der Waals surface area contributed by atoms with Crippen molar-refractivity contribution in [2.45, 2.75) is 18.9 Å². The highest BCUT2D eigenvalue weighted by molar-refractivity contribution is 6.31. The van der Waals surface area contributed by atoms with E-state index in [1.54, 1.807) is 30.3 Å². The highest BCUT2D eigenvalue weighted by Gasteiger charge is 2.36. The van der Waals surface area contributed by atoms with Crippen molar-refractivity contribution < 1.29 is 19.4 Å². The fourth-order valence-corrected chi connectivity index (χ4v) is 3.49. The predicted molar refractivity (Wildman–Crippen MR) is 93.9 cm³/mol. The van der Waals surface area contributed by atoms with Crippen LogP contribution in [0.15, 0.2) is 42.5 Å². The van der Waals surface area contributed by atoms with Gasteiger partial charge < -0.3 is 14.7 Å². The minimum atomic E-state index is -1.04. The smallest absolute Gasteiger partial charge is 0.331 e. The monoisotopic (exact) mass is 359 g/mol. The summed E-state index contributed by atoms with van der Waals surface area (Å²) < 4.78 is 5.27. The summed E-state index contributed by atoms with van der Waals surface area (Å²) in [5.41, 5.74) is 2.20. The zero-order valence-electron chi connectivity index (χ0n) is 13.7. The van der Waals surface area contributed by atoms with Gasteiger partial charge in [0.25, 0.3) is 0 Å². The minimum absolute atomic E-state index is 0.00517. The van der Waals surface area contributed by atoms with Gasteiger partial charge >= 0.3 is 5.97 Å². The molecule has 6 heteroatoms. The number of halogens is 1. The maximum atomic E-state index is 12.9. The van der Waals surface area contributed by atoms with E-state index >= 15 is 0 Å². The Bertz CT molecular complexity index is 821. The zero-order chi connectivity index (χ0) is 18.0. The normalized spacial score (nSPS) is 16.2. The lowest BCUT2D eigenvalue weighted by Crippen LogP contribution is -2.44. The molecule has 0 aliphatic carbocycles. The maximum absolute atomic E-state index is 12.9. The first kappa shape index (κ1) is 17.3. The first-order valence-corrected chi connectivity index (χ1v) is 8.32. The third-order valence-electron chi connectivity index (χ3n) is 4.46. The zero-order valence-corrected chi connectivity index (χ0v) is 14.5. The second kappa shape index (κ2) is 7.15. The number of nitrogens with zero attached hydrogens (tertiary/aromatic N) is 1. The number of carboxylic acids is 1. The Morgan fingerprint density at radius 2 is 2.00 bits per heavy atom. The molecule has 0 spiro atoms. The van der Waals surface area contributed by atoms with Gasteiger partial charge in [0.05, 0.1) is 13.5 Å². The Hall–Kier alpha value is -2.53. The predicted octanol–water partition coefficient (Wildman–Crippen LogP) is 3.10. The topological polar surface area (TPSA) is 66.8 Å². The molecule has 0 saturated carbocycles. The van der Waals surface area contributed by atoms with Crippen LogP contribution < -0.4 is 4.74 Å². The van der Waals surface area contributed by atoms with Gasteiger partial charge in [-0.1, -0.05) is 41.9 Å². The number of rotatable bonds is 4. The molecule has 1 amide bonds. The molecule has 130 valence electrons. The molecule has 0 radical (unpaired) electrons. The van der Waals surface area contributed by atoms with Crippen molar-refractivity contribution in [2.24, 2.45) is 0 Å². The van der Waals surface area contributed by atoms with E-state index in [9.17, 15) is 14.7 Å². The molecule has 0 bridgehead atoms. The highest BCUT2D eigenvalue weighted by atomic mass is 35.5. The lowest BCUT2D eigenvalue weighted by Gasteiger charge is -2.35. The number of amides is 1. The average molecular weight is 360 g/mol. The van der Waals surface area contributed by atoms with E-state index in [1.807, 2.05) is 12.1 Å². The van der Waals surface area contributed by atoms with Crippen LogP contribution in [-0.4, -0.2) is 35.5 Å². The molecule has 3 rings (SSSR count). The van der Waals surface area contributed by atoms with Crippen molar-refractivity contribution >= 4 is 23.5 Å². The molecular formula is C19H18ClNO4. The first-order chi connectivity index (χ1) is 12.0. The number of carboxylic acid groups (broad SMARTS) is 1. The number of hydrogen-bond acceptors (Lipinski definition) is 3. The summed E-state index contributed by atoms with van der Waals surface area (Å²) >= 11 is 6.20. The van der Waals surface area contributed by atoms with Crippen molar-refractivity contribution in [1.82, 2.24) is 4.90 Å². The summed E-state index contributed by atoms with van der Waals surface area (Å²) in [6, 6.07) is 11.5. The van der Waals surface area contributed by atoms with Crippen LogP contribution >= 0.6 is 11.6 Å². The van der Waals surface area contributed by atoms with Crippen molar-refractivity contribution in [3.05, 3.63) is 64.2 Å². The number of methoxy groups -OCH3 is 1. The quantitative estimate of drug-likeness (QED) is 0.910. The van der Waals surface area contributed by atoms with Crippen LogP contribution in [0.1, 0.15) is 22.7 Å². The SMILES string of the molecule is COc1cccc(Cl)c1CC(=O)N1CCc2ccccc2C1C(=O)O. The molecule has 1 N–H and O–H groups in total. The molecule has 2 aromatic carbocycles. The van der Waals surface area contributed by atoms with Crippen LogP contribution in [0.2, 0.25) is 5.02 Å². The van der Waals surface area contributed by atoms with Crippen molar-refractivity contribution in [1.29, 1.82) is 0 Å². The minimum Gasteiger partial charge on any atom is -0.496 e. The Balaban J connectivity index is 1.91. The molecule has 0 fully saturated rings. The lowest BCUT2D eigenvalue weighted by molar-refractivity contribution is -0.151. The van der Waals surface area contributed by atoms with Gasteiger partial charge in [-0.2, -0.15) is 0 Å². The molecule has 0 saturated heterocycles. The van der Waals surface area contributed by atoms with Gasteiger partial charge in [0.1, 0.15) is 5.75 Å². The molecule has 1 heterocycles. The fraction of sp³-hybridized carbons (Fsp3) is 0.263. The number of fused-ring (bicyclic) bond motifs is 1. The van der Waals surface area contributed by atoms with Gasteiger partial charge in [0.15, 0.2) is 6.04 Å². The van der Waals surface area contributed by atoms with E-state index in [4.69, 9.17) is 16.3 Å². The molecule has 25 heavy (non-hydrogen) atoms. The largest absolute Gasteiger partial charge is 0.496 e. The van der Waals surface area contributed by atoms with E-state index in [-0.39, 0.29) is 12.3 Å². The van der Waals surface area contributed by atoms with Crippen LogP contribution in [-0.2, 0) is 22.4 Å². The van der Waals surface area contributed by atoms with Crippen molar-refractivity contribution in [3.8, 4) is 5.75 Å². The molecule has 5 nitrogen and oxygen atoms in total. The van der Waals surface area contributed by atoms with Crippen LogP contribution in [0.5, 0.6) is 5.75 Å². The summed E-state index contributed by atoms with van der Waals surface area (Å²) in [6.07, 6.45) is 0.625. The lowest BCUT2D eigenvalue weighted by atomic mass is 9.92. The van der Waals surface area contributed by atoms with Crippen molar-refractivity contribution in [2.75, 3.05) is 13.7 Å². The molecule has 1 aliphatic rings. The summed E-state index contributed by atoms with van der Waals surface area (Å²) in [5.74, 6) is -0.801. The van der Waals surface area contributed by atoms with E-state index in [1.165, 1.54) is 12.0 Å². The molecular weight excluding hydrogens is 342 g/mol. The van der Waals surface area contributed by atoms with E-state index < -0.39 is 12.0 Å². The number of carbonyl (C=O) groups is 2. The molecule has 0 aromatic heterocycles. The number of hydrogen-bond donors (Lipinski definition) is 1. The fourth-order valence-electron chi connectivity index (χ4n) is 3.26. The maximum Gasteiger partial charge on any atom is 0.331 e. The van der Waals surface area contributed by atoms with Crippen molar-refractivity contribution in [3.63, 3.8) is 0 Å². The summed E-state index contributed by atoms with van der Waals surface area (Å²) in [5, 5.41) is 10.1. The van der Waals surface area contributed by atoms with Gasteiger partial charge in [-0.3, -0.25) is 4.79 Å². The van der Waals surface area contributed by atoms with Gasteiger partial charge in [-0.05, 0) is 29.7 Å². The summed E-state index contributed by atoms with van der Waals surface area (Å²) in [6.45, 7) is 0.361. The summed E-state index contributed by atoms with van der Waals surface area (Å²) in [4.78, 5) is 26.1. The Morgan fingerprint density at radius 1 is 1.24 bits per heavy atom. The van der Waals surface area contributed by atoms with Crippen LogP contribution in [0.25, 0.3) is 0 Å². The number of ether oxygens (including phenoxy) is 1. The van der Waals surface area contributed by atoms with Crippen LogP contribution in [0.4, 0.5) is 0 Å². The molecule has 1 unspecified atom stereocenters. The third-order valence-corrected chi connectivity index (χ3v) is 4.82. The number of aliphatic carboxylic acids is 1. The molecule has 1 atom stereocenters. The first-order valence-electron chi connectivity index (χ1n) is 7.94. The van der Waals surface area contributed by atoms with Gasteiger partial charge in [0.2, 0.25) is 5.91 Å². The molecule has 2 aromatic rings. The van der Waals surface area contributed by atoms with Gasteiger partial charge in [0, 0.05) is 17.1 Å². The second-order valence-corrected chi connectivity index (χ2v) is 6.28. The van der Waals surface area contributed by atoms with E-state index in [0.717, 1.165) is 5.56 Å². The number of benzene rings is 2. The van der Waals surface area contributed by atoms with E-state index in [2.05, 4.69) is 0 Å². The highest BCUT2D eigenvalue weighted by Crippen LogP contribution is 2.32. The standard InChI is InChI=1S/C19H18ClNO4/c1-25-16-8-4-7-15(20)14(16)11-17(22)21-10-9-12-5-2-3-6-13(12)18(21)19(23)24/h2-8,18H,9-11H2,1H3,(H,23,24). The summed E-state index contributed by atoms with van der Waals surface area (Å²) in [7, 11) is 1.51. The van der Waals surface area contributed by atoms with Crippen LogP contribution in [0, 0.1) is 0 Å². The molecule has 1 aliphatic heterocycles. The van der Waals surface area contributed by atoms with E-state index in [0.29, 0.717) is 34.9 Å².